The Bertz CT molecular complexity index is 2720. The highest BCUT2D eigenvalue weighted by Gasteiger charge is 2.41. The molecule has 5 amide bonds. The Kier molecular flexibility index (Phi) is 32.3. The van der Waals surface area contributed by atoms with Crippen LogP contribution >= 0.6 is 11.3 Å². The summed E-state index contributed by atoms with van der Waals surface area (Å²) >= 11 is 1.39. The summed E-state index contributed by atoms with van der Waals surface area (Å²) in [6, 6.07) is 17.5. The summed E-state index contributed by atoms with van der Waals surface area (Å²) in [5.74, 6) is 6.69. The number of aromatic nitrogens is 2. The SMILES string of the molecule is C=C/C=C(\C=C)CNC(=O)C(c1cccnc1[B]C)N(C(=O)CCc1ccc(OCCCCN(C)CCOCCOCC/C(C=NCCOCCOc2ccc(NC(=O)Nc3nc(CC)cs3)cc2)=N/N)cc1)C1CC1.CN1CCN(C=O)CC1. The van der Waals surface area contributed by atoms with Crippen molar-refractivity contribution < 1.29 is 42.9 Å². The minimum Gasteiger partial charge on any atom is -0.494 e. The number of ether oxygens (including phenoxy) is 5. The van der Waals surface area contributed by atoms with Crippen LogP contribution < -0.4 is 36.9 Å². The summed E-state index contributed by atoms with van der Waals surface area (Å²) in [7, 11) is 6.03. The number of rotatable bonds is 39. The van der Waals surface area contributed by atoms with Gasteiger partial charge in [0, 0.05) is 87.2 Å². The van der Waals surface area contributed by atoms with E-state index in [9.17, 15) is 19.2 Å². The molecule has 2 aliphatic rings. The lowest BCUT2D eigenvalue weighted by Gasteiger charge is -2.32. The Morgan fingerprint density at radius 1 is 0.882 bits per heavy atom. The molecule has 2 aromatic heterocycles. The Morgan fingerprint density at radius 3 is 2.26 bits per heavy atom. The lowest BCUT2D eigenvalue weighted by atomic mass is 9.73. The zero-order valence-corrected chi connectivity index (χ0v) is 51.0. The Hall–Kier alpha value is -7.28. The minimum atomic E-state index is -0.809. The molecular weight excluding hydrogens is 1100 g/mol. The molecule has 0 bridgehead atoms. The van der Waals surface area contributed by atoms with E-state index in [0.717, 1.165) is 100 Å². The molecule has 459 valence electrons. The van der Waals surface area contributed by atoms with Crippen molar-refractivity contribution in [3.63, 3.8) is 0 Å². The van der Waals surface area contributed by atoms with Crippen LogP contribution in [0.2, 0.25) is 6.82 Å². The molecule has 23 heteroatoms. The van der Waals surface area contributed by atoms with Crippen LogP contribution in [0.4, 0.5) is 15.6 Å². The molecule has 1 saturated heterocycles. The van der Waals surface area contributed by atoms with Crippen molar-refractivity contribution in [3.8, 4) is 11.5 Å². The zero-order valence-electron chi connectivity index (χ0n) is 50.2. The Balaban J connectivity index is 0.00000134. The molecule has 1 atom stereocenters. The first-order valence-electron chi connectivity index (χ1n) is 29.3. The van der Waals surface area contributed by atoms with Crippen LogP contribution in [-0.4, -0.2) is 198 Å². The van der Waals surface area contributed by atoms with Gasteiger partial charge < -0.3 is 59.8 Å². The number of thiazole rings is 1. The second-order valence-electron chi connectivity index (χ2n) is 20.2. The second-order valence-corrected chi connectivity index (χ2v) is 21.1. The number of nitrogens with two attached hydrogens (primary N) is 1. The molecule has 2 fully saturated rings. The Labute approximate surface area is 507 Å². The van der Waals surface area contributed by atoms with Gasteiger partial charge in [0.05, 0.1) is 64.2 Å². The van der Waals surface area contributed by atoms with E-state index in [1.807, 2.05) is 62.8 Å². The highest BCUT2D eigenvalue weighted by atomic mass is 32.1. The normalized spacial score (nSPS) is 14.0. The highest BCUT2D eigenvalue weighted by Crippen LogP contribution is 2.35. The van der Waals surface area contributed by atoms with Crippen LogP contribution in [0.1, 0.15) is 68.3 Å². The van der Waals surface area contributed by atoms with Gasteiger partial charge in [-0.15, -0.1) is 11.3 Å². The number of likely N-dealkylation sites (N-methyl/N-ethyl adjacent to an activating group) is 2. The van der Waals surface area contributed by atoms with Crippen molar-refractivity contribution in [1.29, 1.82) is 0 Å². The molecule has 2 aromatic carbocycles. The van der Waals surface area contributed by atoms with E-state index in [4.69, 9.17) is 29.5 Å². The van der Waals surface area contributed by atoms with Crippen molar-refractivity contribution in [2.24, 2.45) is 15.9 Å². The maximum Gasteiger partial charge on any atom is 0.325 e. The first-order valence-corrected chi connectivity index (χ1v) is 30.2. The van der Waals surface area contributed by atoms with Gasteiger partial charge in [-0.2, -0.15) is 5.10 Å². The van der Waals surface area contributed by atoms with Gasteiger partial charge in [0.2, 0.25) is 18.2 Å². The molecule has 5 N–H and O–H groups in total. The number of piperazine rings is 1. The topological polar surface area (TPSA) is 240 Å². The first-order chi connectivity index (χ1) is 41.5. The number of hydrogen-bond donors (Lipinski definition) is 4. The van der Waals surface area contributed by atoms with Crippen molar-refractivity contribution >= 4 is 71.2 Å². The number of unbranched alkanes of at least 4 members (excludes halogenated alkanes) is 1. The molecule has 1 unspecified atom stereocenters. The minimum absolute atomic E-state index is 0.00272. The first kappa shape index (κ1) is 68.5. The van der Waals surface area contributed by atoms with Gasteiger partial charge in [0.1, 0.15) is 24.1 Å². The molecule has 1 radical (unpaired) electrons. The number of pyridine rings is 1. The van der Waals surface area contributed by atoms with Gasteiger partial charge in [0.15, 0.2) is 12.4 Å². The molecule has 85 heavy (non-hydrogen) atoms. The van der Waals surface area contributed by atoms with Gasteiger partial charge in [-0.25, -0.2) is 9.78 Å². The third-order valence-corrected chi connectivity index (χ3v) is 14.5. The number of benzene rings is 2. The standard InChI is InChI=1S/C56H76BN10O8S.C6H12N2O/c1-6-12-42(7-2)39-61-54(69)52(50-13-11-27-60-53(50)57-4)67(47-19-20-47)51(68)25-16-43-14-21-48(22-15-43)74-31-10-9-29-66(5)30-34-73-36-35-71-32-26-46(65-58)40-59-28-33-72-37-38-75-49-23-17-45(18-24-49)62-55(70)64-56-63-44(8-3)41-76-56;1-7-2-4-8(6-9)5-3-7/h6-7,11-15,17-18,21-24,27,40-41,47,52H,1-2,8-10,16,19-20,25-26,28-39,58H2,3-5H3,(H,61,69)(H2,62,63,64,70);6H,2-5H2,1H3/b42-12+,59-40?,65-46-;. The maximum atomic E-state index is 14.0. The van der Waals surface area contributed by atoms with Gasteiger partial charge in [-0.3, -0.25) is 29.7 Å². The van der Waals surface area contributed by atoms with E-state index >= 15 is 0 Å². The van der Waals surface area contributed by atoms with E-state index in [2.05, 4.69) is 73.1 Å². The molecule has 3 heterocycles. The fourth-order valence-corrected chi connectivity index (χ4v) is 9.41. The lowest BCUT2D eigenvalue weighted by Crippen LogP contribution is -2.47. The van der Waals surface area contributed by atoms with Crippen LogP contribution in [0.5, 0.6) is 11.5 Å². The number of hydrazone groups is 1. The number of carbonyl (C=O) groups is 4. The van der Waals surface area contributed by atoms with Crippen LogP contribution in [0.3, 0.4) is 0 Å². The number of hydrogen-bond acceptors (Lipinski definition) is 17. The number of urea groups is 1. The molecule has 1 saturated carbocycles. The van der Waals surface area contributed by atoms with E-state index in [-0.39, 0.29) is 36.9 Å². The number of allylic oxidation sites excluding steroid dienone is 2. The third-order valence-electron chi connectivity index (χ3n) is 13.7. The fourth-order valence-electron chi connectivity index (χ4n) is 8.62. The van der Waals surface area contributed by atoms with Crippen LogP contribution in [0.15, 0.2) is 119 Å². The van der Waals surface area contributed by atoms with Gasteiger partial charge >= 0.3 is 6.03 Å². The molecule has 0 spiro atoms. The second kappa shape index (κ2) is 40.1. The van der Waals surface area contributed by atoms with Crippen LogP contribution in [0, 0.1) is 0 Å². The van der Waals surface area contributed by atoms with E-state index in [1.165, 1.54) is 11.3 Å². The lowest BCUT2D eigenvalue weighted by molar-refractivity contribution is -0.141. The number of nitrogens with zero attached hydrogens (tertiary/aromatic N) is 8. The fraction of sp³-hybridized carbons (Fsp3) is 0.484. The number of aryl methyl sites for hydroxylation is 2. The highest BCUT2D eigenvalue weighted by molar-refractivity contribution is 7.13. The monoisotopic (exact) mass is 1190 g/mol. The number of nitrogens with one attached hydrogen (secondary N) is 3. The molecule has 1 aliphatic heterocycles. The quantitative estimate of drug-likeness (QED) is 0.00702. The van der Waals surface area contributed by atoms with Gasteiger partial charge in [-0.05, 0) is 118 Å². The predicted octanol–water partition coefficient (Wildman–Crippen LogP) is 6.59. The summed E-state index contributed by atoms with van der Waals surface area (Å²) in [6.45, 7) is 21.6. The van der Waals surface area contributed by atoms with Gasteiger partial charge in [-0.1, -0.05) is 63.3 Å². The van der Waals surface area contributed by atoms with Crippen LogP contribution in [0.25, 0.3) is 0 Å². The third kappa shape index (κ3) is 26.7. The number of anilines is 2. The number of aliphatic imine (C=N–C) groups is 1. The average molecular weight is 1190 g/mol. The smallest absolute Gasteiger partial charge is 0.325 e. The van der Waals surface area contributed by atoms with Gasteiger partial charge in [0.25, 0.3) is 0 Å². The number of amides is 5. The largest absolute Gasteiger partial charge is 0.494 e. The summed E-state index contributed by atoms with van der Waals surface area (Å²) in [5, 5.41) is 14.9. The van der Waals surface area contributed by atoms with Crippen molar-refractivity contribution in [2.75, 3.05) is 130 Å². The summed E-state index contributed by atoms with van der Waals surface area (Å²) in [4.78, 5) is 71.6. The zero-order chi connectivity index (χ0) is 60.9. The summed E-state index contributed by atoms with van der Waals surface area (Å²) in [5.41, 5.74) is 5.44. The molecule has 1 aliphatic carbocycles. The Morgan fingerprint density at radius 2 is 1.59 bits per heavy atom. The average Bonchev–Trinajstić information content (AvgIpc) is 3.66. The molecular formula is C62H88BN12O9S. The van der Waals surface area contributed by atoms with Crippen molar-refractivity contribution in [2.45, 2.75) is 77.2 Å². The predicted molar refractivity (Wildman–Crippen MR) is 340 cm³/mol. The summed E-state index contributed by atoms with van der Waals surface area (Å²) in [6.07, 6.45) is 15.2. The molecule has 6 rings (SSSR count). The maximum absolute atomic E-state index is 14.0. The van der Waals surface area contributed by atoms with E-state index in [1.54, 1.807) is 64.7 Å². The number of carbonyl (C=O) groups excluding carboxylic acids is 4. The molecule has 4 aromatic rings. The molecule has 21 nitrogen and oxygen atoms in total. The van der Waals surface area contributed by atoms with Crippen LogP contribution in [-0.2, 0) is 41.4 Å². The summed E-state index contributed by atoms with van der Waals surface area (Å²) < 4.78 is 28.9. The van der Waals surface area contributed by atoms with E-state index in [0.29, 0.717) is 106 Å². The van der Waals surface area contributed by atoms with E-state index < -0.39 is 6.04 Å². The van der Waals surface area contributed by atoms with Crippen molar-refractivity contribution in [1.82, 2.24) is 34.9 Å². The van der Waals surface area contributed by atoms with Crippen molar-refractivity contribution in [3.05, 3.63) is 126 Å².